The van der Waals surface area contributed by atoms with Crippen molar-refractivity contribution in [3.05, 3.63) is 87.4 Å². The summed E-state index contributed by atoms with van der Waals surface area (Å²) in [6.07, 6.45) is 0.834. The second-order valence-electron chi connectivity index (χ2n) is 7.46. The molecule has 2 heterocycles. The Morgan fingerprint density at radius 3 is 2.46 bits per heavy atom. The third-order valence-electron chi connectivity index (χ3n) is 5.73. The Labute approximate surface area is 169 Å². The van der Waals surface area contributed by atoms with E-state index in [1.54, 1.807) is 0 Å². The van der Waals surface area contributed by atoms with E-state index in [1.165, 1.54) is 16.7 Å². The maximum Gasteiger partial charge on any atom is 0.231 e. The number of rotatable bonds is 2. The largest absolute Gasteiger partial charge is 0.485 e. The molecule has 0 aromatic heterocycles. The fourth-order valence-electron chi connectivity index (χ4n) is 4.30. The zero-order valence-corrected chi connectivity index (χ0v) is 16.6. The van der Waals surface area contributed by atoms with Crippen LogP contribution in [0.25, 0.3) is 0 Å². The van der Waals surface area contributed by atoms with E-state index in [0.717, 1.165) is 39.8 Å². The fourth-order valence-corrected chi connectivity index (χ4v) is 4.46. The molecule has 4 heteroatoms. The smallest absolute Gasteiger partial charge is 0.231 e. The summed E-state index contributed by atoms with van der Waals surface area (Å²) in [7, 11) is 0. The lowest BCUT2D eigenvalue weighted by Gasteiger charge is -2.35. The van der Waals surface area contributed by atoms with Crippen molar-refractivity contribution in [3.8, 4) is 17.2 Å². The van der Waals surface area contributed by atoms with E-state index in [-0.39, 0.29) is 18.8 Å². The van der Waals surface area contributed by atoms with Crippen LogP contribution in [0.5, 0.6) is 17.2 Å². The number of hydrogen-bond acceptors (Lipinski definition) is 3. The molecule has 0 saturated carbocycles. The van der Waals surface area contributed by atoms with Crippen LogP contribution >= 0.6 is 11.6 Å². The molecule has 0 spiro atoms. The monoisotopic (exact) mass is 392 g/mol. The van der Waals surface area contributed by atoms with Crippen molar-refractivity contribution < 1.29 is 14.2 Å². The number of fused-ring (bicyclic) bond motifs is 2. The zero-order chi connectivity index (χ0) is 19.3. The van der Waals surface area contributed by atoms with Gasteiger partial charge in [-0.25, -0.2) is 0 Å². The molecular formula is C24H21ClO3. The minimum Gasteiger partial charge on any atom is -0.485 e. The van der Waals surface area contributed by atoms with Crippen molar-refractivity contribution in [2.45, 2.75) is 32.3 Å². The molecule has 3 nitrogen and oxygen atoms in total. The van der Waals surface area contributed by atoms with Crippen LogP contribution in [0.2, 0.25) is 5.02 Å². The topological polar surface area (TPSA) is 27.7 Å². The van der Waals surface area contributed by atoms with Crippen LogP contribution in [0.4, 0.5) is 0 Å². The predicted molar refractivity (Wildman–Crippen MR) is 110 cm³/mol. The number of halogens is 1. The summed E-state index contributed by atoms with van der Waals surface area (Å²) >= 11 is 6.61. The molecule has 142 valence electrons. The van der Waals surface area contributed by atoms with Crippen LogP contribution in [-0.4, -0.2) is 6.79 Å². The molecule has 0 amide bonds. The third-order valence-corrected chi connectivity index (χ3v) is 6.31. The van der Waals surface area contributed by atoms with E-state index in [9.17, 15) is 0 Å². The van der Waals surface area contributed by atoms with Gasteiger partial charge in [-0.15, -0.1) is 0 Å². The summed E-state index contributed by atoms with van der Waals surface area (Å²) in [4.78, 5) is 0. The lowest BCUT2D eigenvalue weighted by atomic mass is 9.80. The van der Waals surface area contributed by atoms with Gasteiger partial charge in [-0.1, -0.05) is 48.0 Å². The molecule has 0 N–H and O–H groups in total. The Hall–Kier alpha value is -2.65. The van der Waals surface area contributed by atoms with Gasteiger partial charge in [-0.2, -0.15) is 0 Å². The van der Waals surface area contributed by atoms with Crippen molar-refractivity contribution in [2.24, 2.45) is 0 Å². The molecule has 5 rings (SSSR count). The van der Waals surface area contributed by atoms with Crippen LogP contribution in [0.3, 0.4) is 0 Å². The molecule has 0 bridgehead atoms. The van der Waals surface area contributed by atoms with Gasteiger partial charge in [0.05, 0.1) is 0 Å². The quantitative estimate of drug-likeness (QED) is 0.509. The van der Waals surface area contributed by atoms with E-state index in [1.807, 2.05) is 19.1 Å². The van der Waals surface area contributed by atoms with Crippen molar-refractivity contribution in [1.82, 2.24) is 0 Å². The third kappa shape index (κ3) is 2.82. The second kappa shape index (κ2) is 6.75. The summed E-state index contributed by atoms with van der Waals surface area (Å²) in [5.74, 6) is 2.69. The summed E-state index contributed by atoms with van der Waals surface area (Å²) in [5.41, 5.74) is 5.67. The zero-order valence-electron chi connectivity index (χ0n) is 15.9. The Balaban J connectivity index is 1.65. The number of hydrogen-bond donors (Lipinski definition) is 0. The van der Waals surface area contributed by atoms with E-state index in [0.29, 0.717) is 0 Å². The van der Waals surface area contributed by atoms with E-state index in [4.69, 9.17) is 25.8 Å². The molecular weight excluding hydrogens is 372 g/mol. The van der Waals surface area contributed by atoms with Gasteiger partial charge in [0.15, 0.2) is 11.5 Å². The highest BCUT2D eigenvalue weighted by atomic mass is 35.5. The normalized spacial score (nSPS) is 19.8. The van der Waals surface area contributed by atoms with Gasteiger partial charge >= 0.3 is 0 Å². The maximum absolute atomic E-state index is 6.61. The lowest BCUT2D eigenvalue weighted by molar-refractivity contribution is 0.166. The Kier molecular flexibility index (Phi) is 4.21. The summed E-state index contributed by atoms with van der Waals surface area (Å²) in [6, 6.07) is 18.7. The molecule has 2 aliphatic rings. The van der Waals surface area contributed by atoms with Gasteiger partial charge < -0.3 is 14.2 Å². The van der Waals surface area contributed by atoms with Gasteiger partial charge in [-0.3, -0.25) is 0 Å². The van der Waals surface area contributed by atoms with Crippen LogP contribution < -0.4 is 14.2 Å². The Morgan fingerprint density at radius 2 is 1.64 bits per heavy atom. The van der Waals surface area contributed by atoms with Gasteiger partial charge in [0.2, 0.25) is 6.79 Å². The van der Waals surface area contributed by atoms with Gasteiger partial charge in [0.25, 0.3) is 0 Å². The van der Waals surface area contributed by atoms with E-state index in [2.05, 4.69) is 49.4 Å². The molecule has 3 aromatic rings. The lowest BCUT2D eigenvalue weighted by Crippen LogP contribution is -2.21. The average Bonchev–Trinajstić information content (AvgIpc) is 3.19. The maximum atomic E-state index is 6.61. The highest BCUT2D eigenvalue weighted by Gasteiger charge is 2.33. The standard InChI is InChI=1S/C24H21ClO3/c1-14-10-22-23(15(2)24(14)25)18(12-20(28-22)16-6-4-3-5-7-16)17-8-9-19-21(11-17)27-13-26-19/h3-11,18,20H,12-13H2,1-2H3/t18-,20-/m0/s1. The molecule has 0 fully saturated rings. The highest BCUT2D eigenvalue weighted by Crippen LogP contribution is 2.50. The van der Waals surface area contributed by atoms with Gasteiger partial charge in [-0.05, 0) is 60.7 Å². The predicted octanol–water partition coefficient (Wildman–Crippen LogP) is 6.34. The molecule has 0 aliphatic carbocycles. The first-order valence-corrected chi connectivity index (χ1v) is 9.90. The van der Waals surface area contributed by atoms with Gasteiger partial charge in [0.1, 0.15) is 11.9 Å². The molecule has 0 saturated heterocycles. The summed E-state index contributed by atoms with van der Waals surface area (Å²) < 4.78 is 17.6. The minimum absolute atomic E-state index is 0.0101. The molecule has 2 aliphatic heterocycles. The second-order valence-corrected chi connectivity index (χ2v) is 7.84. The molecule has 28 heavy (non-hydrogen) atoms. The van der Waals surface area contributed by atoms with Crippen LogP contribution in [0.1, 0.15) is 46.3 Å². The van der Waals surface area contributed by atoms with Crippen molar-refractivity contribution >= 4 is 11.6 Å². The summed E-state index contributed by atoms with van der Waals surface area (Å²) in [5, 5.41) is 0.811. The average molecular weight is 393 g/mol. The molecule has 2 atom stereocenters. The molecule has 0 radical (unpaired) electrons. The van der Waals surface area contributed by atoms with Crippen molar-refractivity contribution in [1.29, 1.82) is 0 Å². The van der Waals surface area contributed by atoms with Crippen LogP contribution in [0.15, 0.2) is 54.6 Å². The first-order valence-electron chi connectivity index (χ1n) is 9.52. The fraction of sp³-hybridized carbons (Fsp3) is 0.250. The Bertz CT molecular complexity index is 1050. The molecule has 0 unspecified atom stereocenters. The minimum atomic E-state index is -0.0101. The van der Waals surface area contributed by atoms with Gasteiger partial charge in [0, 0.05) is 16.5 Å². The van der Waals surface area contributed by atoms with Crippen molar-refractivity contribution in [2.75, 3.05) is 6.79 Å². The first kappa shape index (κ1) is 17.4. The van der Waals surface area contributed by atoms with Crippen LogP contribution in [-0.2, 0) is 0 Å². The van der Waals surface area contributed by atoms with Crippen LogP contribution in [0, 0.1) is 13.8 Å². The Morgan fingerprint density at radius 1 is 0.857 bits per heavy atom. The highest BCUT2D eigenvalue weighted by molar-refractivity contribution is 6.32. The first-order chi connectivity index (χ1) is 13.6. The summed E-state index contributed by atoms with van der Waals surface area (Å²) in [6.45, 7) is 4.39. The number of aryl methyl sites for hydroxylation is 1. The SMILES string of the molecule is Cc1cc2c(c(C)c1Cl)[C@H](c1ccc3c(c1)OCO3)C[C@@H](c1ccccc1)O2. The van der Waals surface area contributed by atoms with Crippen molar-refractivity contribution in [3.63, 3.8) is 0 Å². The van der Waals surface area contributed by atoms with E-state index >= 15 is 0 Å². The number of benzene rings is 3. The number of ether oxygens (including phenoxy) is 3. The van der Waals surface area contributed by atoms with E-state index < -0.39 is 0 Å². The molecule has 3 aromatic carbocycles.